The number of carboxylic acid groups (broad SMARTS) is 1. The van der Waals surface area contributed by atoms with Gasteiger partial charge in [-0.05, 0) is 0 Å². The molecule has 3 N–H and O–H groups in total. The summed E-state index contributed by atoms with van der Waals surface area (Å²) in [6.45, 7) is 1.00. The molecule has 62 valence electrons. The number of carbonyl (C=O) groups is 2. The van der Waals surface area contributed by atoms with Gasteiger partial charge in [0.2, 0.25) is 5.78 Å². The molecule has 0 fully saturated rings. The molecule has 0 aliphatic heterocycles. The minimum absolute atomic E-state index is 0. The van der Waals surface area contributed by atoms with Crippen LogP contribution in [0.2, 0.25) is 0 Å². The van der Waals surface area contributed by atoms with E-state index in [0.29, 0.717) is 0 Å². The van der Waals surface area contributed by atoms with Gasteiger partial charge in [0.1, 0.15) is 0 Å². The second kappa shape index (κ2) is 10.4. The first-order chi connectivity index (χ1) is 4.37. The van der Waals surface area contributed by atoms with Crippen molar-refractivity contribution >= 4 is 55.8 Å². The fraction of sp³-hybridized carbons (Fsp3) is 0.333. The molecule has 0 aromatic heterocycles. The number of rotatable bonds is 1. The first kappa shape index (κ1) is 17.5. The molecular weight excluding hydrogens is 234 g/mol. The third kappa shape index (κ3) is 38.0. The van der Waals surface area contributed by atoms with Crippen molar-refractivity contribution in [1.82, 2.24) is 0 Å². The zero-order valence-corrected chi connectivity index (χ0v) is 6.69. The van der Waals surface area contributed by atoms with Gasteiger partial charge in [0.15, 0.2) is 0 Å². The van der Waals surface area contributed by atoms with Crippen LogP contribution in [-0.2, 0) is 13.4 Å². The van der Waals surface area contributed by atoms with Crippen molar-refractivity contribution in [3.63, 3.8) is 0 Å². The van der Waals surface area contributed by atoms with Gasteiger partial charge in [-0.25, -0.2) is 4.79 Å². The van der Waals surface area contributed by atoms with Gasteiger partial charge in [-0.1, -0.05) is 0 Å². The van der Waals surface area contributed by atoms with Crippen molar-refractivity contribution in [3.8, 4) is 0 Å². The van der Waals surface area contributed by atoms with Crippen LogP contribution in [0.5, 0.6) is 0 Å². The molecular formula is C3H7NaO6Se. The molecule has 0 aromatic rings. The van der Waals surface area contributed by atoms with Crippen molar-refractivity contribution < 1.29 is 26.9 Å². The van der Waals surface area contributed by atoms with E-state index >= 15 is 0 Å². The van der Waals surface area contributed by atoms with Gasteiger partial charge in [0.05, 0.1) is 0 Å². The van der Waals surface area contributed by atoms with Crippen molar-refractivity contribution in [1.29, 1.82) is 0 Å². The summed E-state index contributed by atoms with van der Waals surface area (Å²) in [6, 6.07) is 0. The third-order valence-electron chi connectivity index (χ3n) is 0.301. The second-order valence-electron chi connectivity index (χ2n) is 1.09. The molecule has 0 radical (unpaired) electrons. The van der Waals surface area contributed by atoms with Crippen LogP contribution < -0.4 is 0 Å². The van der Waals surface area contributed by atoms with E-state index in [0.717, 1.165) is 6.92 Å². The van der Waals surface area contributed by atoms with E-state index in [9.17, 15) is 9.59 Å². The molecule has 0 rings (SSSR count). The summed E-state index contributed by atoms with van der Waals surface area (Å²) in [5, 5.41) is 7.64. The monoisotopic (exact) mass is 242 g/mol. The number of carboxylic acids is 1. The summed E-state index contributed by atoms with van der Waals surface area (Å²) in [7, 11) is 0. The van der Waals surface area contributed by atoms with E-state index < -0.39 is 26.2 Å². The van der Waals surface area contributed by atoms with Crippen molar-refractivity contribution in [3.05, 3.63) is 0 Å². The standard InChI is InChI=1S/C3H4O3.Na.H2O3Se.H/c1-2(4)3(5)6;;1-4(2)3;/h1H3,(H,5,6);;(H2,1,2,3);. The summed E-state index contributed by atoms with van der Waals surface area (Å²) in [5.74, 6) is -2.20. The first-order valence-electron chi connectivity index (χ1n) is 1.91. The van der Waals surface area contributed by atoms with Gasteiger partial charge in [-0.15, -0.1) is 0 Å². The molecule has 0 heterocycles. The summed E-state index contributed by atoms with van der Waals surface area (Å²) < 4.78 is 23.1. The predicted molar refractivity (Wildman–Crippen MR) is 36.3 cm³/mol. The molecule has 0 aromatic carbocycles. The first-order valence-corrected chi connectivity index (χ1v) is 4.15. The van der Waals surface area contributed by atoms with Gasteiger partial charge in [0, 0.05) is 6.92 Å². The fourth-order valence-electron chi connectivity index (χ4n) is 0. The average molecular weight is 241 g/mol. The quantitative estimate of drug-likeness (QED) is 0.342. The van der Waals surface area contributed by atoms with Crippen LogP contribution >= 0.6 is 0 Å². The summed E-state index contributed by atoms with van der Waals surface area (Å²) >= 11 is -3.29. The topological polar surface area (TPSA) is 112 Å². The number of hydrogen-bond acceptors (Lipinski definition) is 3. The average Bonchev–Trinajstić information content (AvgIpc) is 1.63. The summed E-state index contributed by atoms with van der Waals surface area (Å²) in [6.07, 6.45) is 0. The Morgan fingerprint density at radius 1 is 1.27 bits per heavy atom. The second-order valence-corrected chi connectivity index (χ2v) is 2.06. The van der Waals surface area contributed by atoms with E-state index in [1.54, 1.807) is 0 Å². The molecule has 0 bridgehead atoms. The van der Waals surface area contributed by atoms with Crippen molar-refractivity contribution in [2.75, 3.05) is 0 Å². The number of aliphatic carboxylic acids is 1. The van der Waals surface area contributed by atoms with E-state index in [4.69, 9.17) is 17.3 Å². The molecule has 11 heavy (non-hydrogen) atoms. The Hall–Kier alpha value is 0.379. The zero-order chi connectivity index (χ0) is 8.73. The minimum atomic E-state index is -3.29. The molecule has 0 unspecified atom stereocenters. The number of hydrogen-bond donors (Lipinski definition) is 3. The van der Waals surface area contributed by atoms with E-state index in [2.05, 4.69) is 0 Å². The number of carbonyl (C=O) groups excluding carboxylic acids is 1. The van der Waals surface area contributed by atoms with Crippen LogP contribution in [-0.4, -0.2) is 69.3 Å². The summed E-state index contributed by atoms with van der Waals surface area (Å²) in [4.78, 5) is 18.9. The Labute approximate surface area is 89.2 Å². The Morgan fingerprint density at radius 2 is 1.36 bits per heavy atom. The Balaban J connectivity index is -0.000000114. The molecule has 6 nitrogen and oxygen atoms in total. The van der Waals surface area contributed by atoms with E-state index in [1.807, 2.05) is 0 Å². The molecule has 0 saturated heterocycles. The molecule has 0 aliphatic rings. The Morgan fingerprint density at radius 3 is 1.36 bits per heavy atom. The number of ketones is 1. The molecule has 0 aliphatic carbocycles. The van der Waals surface area contributed by atoms with Crippen LogP contribution in [0.4, 0.5) is 0 Å². The van der Waals surface area contributed by atoms with Crippen molar-refractivity contribution in [2.24, 2.45) is 0 Å². The molecule has 0 amide bonds. The predicted octanol–water partition coefficient (Wildman–Crippen LogP) is -2.60. The van der Waals surface area contributed by atoms with Crippen LogP contribution in [0, 0.1) is 0 Å². The van der Waals surface area contributed by atoms with E-state index in [1.165, 1.54) is 0 Å². The van der Waals surface area contributed by atoms with Gasteiger partial charge >= 0.3 is 62.2 Å². The SMILES string of the molecule is CC(=O)C(=O)O.O=[Se](O)O.[NaH]. The van der Waals surface area contributed by atoms with Crippen LogP contribution in [0.25, 0.3) is 0 Å². The van der Waals surface area contributed by atoms with Crippen LogP contribution in [0.15, 0.2) is 0 Å². The normalized spacial score (nSPS) is 7.27. The fourth-order valence-corrected chi connectivity index (χ4v) is 0. The maximum absolute atomic E-state index is 9.54. The Kier molecular flexibility index (Phi) is 16.5. The Bertz CT molecular complexity index is 140. The summed E-state index contributed by atoms with van der Waals surface area (Å²) in [5.41, 5.74) is 0. The van der Waals surface area contributed by atoms with Crippen LogP contribution in [0.3, 0.4) is 0 Å². The van der Waals surface area contributed by atoms with Gasteiger partial charge < -0.3 is 5.11 Å². The van der Waals surface area contributed by atoms with Gasteiger partial charge in [-0.3, -0.25) is 4.79 Å². The van der Waals surface area contributed by atoms with E-state index in [-0.39, 0.29) is 29.6 Å². The number of Topliss-reactive ketones (excluding diaryl/α,β-unsaturated/α-hetero) is 1. The van der Waals surface area contributed by atoms with Gasteiger partial charge in [0.25, 0.3) is 0 Å². The molecule has 0 spiro atoms. The molecule has 0 atom stereocenters. The maximum atomic E-state index is 9.54. The van der Waals surface area contributed by atoms with Crippen LogP contribution in [0.1, 0.15) is 6.92 Å². The van der Waals surface area contributed by atoms with Crippen molar-refractivity contribution in [2.45, 2.75) is 6.92 Å². The molecule has 8 heteroatoms. The molecule has 0 saturated carbocycles. The zero-order valence-electron chi connectivity index (χ0n) is 4.97. The third-order valence-corrected chi connectivity index (χ3v) is 0.301. The van der Waals surface area contributed by atoms with Gasteiger partial charge in [-0.2, -0.15) is 0 Å².